The zero-order valence-electron chi connectivity index (χ0n) is 7.49. The van der Waals surface area contributed by atoms with Gasteiger partial charge in [-0.15, -0.1) is 0 Å². The van der Waals surface area contributed by atoms with Crippen molar-refractivity contribution >= 4 is 19.1 Å². The van der Waals surface area contributed by atoms with Crippen LogP contribution in [0.4, 0.5) is 0 Å². The van der Waals surface area contributed by atoms with Crippen LogP contribution < -0.4 is 0 Å². The summed E-state index contributed by atoms with van der Waals surface area (Å²) in [5, 5.41) is 0. The smallest absolute Gasteiger partial charge is 0.496 e. The molecule has 13 heavy (non-hydrogen) atoms. The van der Waals surface area contributed by atoms with Crippen molar-refractivity contribution in [1.82, 2.24) is 0 Å². The molecule has 1 heterocycles. The molecule has 0 bridgehead atoms. The highest BCUT2D eigenvalue weighted by Crippen LogP contribution is 2.07. The molecule has 0 aromatic rings. The lowest BCUT2D eigenvalue weighted by molar-refractivity contribution is -0.142. The summed E-state index contributed by atoms with van der Waals surface area (Å²) in [5.74, 6) is 0.882. The monoisotopic (exact) mass is 182 g/mol. The minimum absolute atomic E-state index is 0.281. The second-order valence-electron chi connectivity index (χ2n) is 2.73. The minimum atomic E-state index is -0.842. The van der Waals surface area contributed by atoms with Crippen LogP contribution in [0.5, 0.6) is 0 Å². The molecule has 0 aliphatic carbocycles. The highest BCUT2D eigenvalue weighted by Gasteiger charge is 2.26. The molecular weight excluding hydrogens is 171 g/mol. The molecule has 1 fully saturated rings. The standard InChI is InChI=1S/C8H11BO4/c1-2-6-9-12-7(10)4-3-5-8(11)13-9/h2,6H,3-5H2,1H3/b6-2+. The Balaban J connectivity index is 2.58. The summed E-state index contributed by atoms with van der Waals surface area (Å²) in [4.78, 5) is 22.0. The van der Waals surface area contributed by atoms with Gasteiger partial charge in [-0.2, -0.15) is 0 Å². The predicted molar refractivity (Wildman–Crippen MR) is 46.6 cm³/mol. The molecule has 1 rings (SSSR count). The van der Waals surface area contributed by atoms with Crippen LogP contribution in [0.25, 0.3) is 0 Å². The number of carbonyl (C=O) groups is 2. The molecule has 0 aromatic heterocycles. The molecule has 0 radical (unpaired) electrons. The van der Waals surface area contributed by atoms with Crippen molar-refractivity contribution in [2.24, 2.45) is 0 Å². The Morgan fingerprint density at radius 2 is 1.77 bits per heavy atom. The van der Waals surface area contributed by atoms with E-state index in [2.05, 4.69) is 0 Å². The summed E-state index contributed by atoms with van der Waals surface area (Å²) >= 11 is 0. The molecular formula is C8H11BO4. The fraction of sp³-hybridized carbons (Fsp3) is 0.500. The van der Waals surface area contributed by atoms with E-state index >= 15 is 0 Å². The minimum Gasteiger partial charge on any atom is -0.496 e. The van der Waals surface area contributed by atoms with Crippen LogP contribution in [0, 0.1) is 0 Å². The van der Waals surface area contributed by atoms with Crippen molar-refractivity contribution in [2.75, 3.05) is 0 Å². The Labute approximate surface area is 77.0 Å². The Bertz CT molecular complexity index is 218. The van der Waals surface area contributed by atoms with Crippen molar-refractivity contribution in [1.29, 1.82) is 0 Å². The number of allylic oxidation sites excluding steroid dienone is 1. The third-order valence-electron chi connectivity index (χ3n) is 1.61. The van der Waals surface area contributed by atoms with Gasteiger partial charge in [-0.05, 0) is 19.3 Å². The summed E-state index contributed by atoms with van der Waals surface area (Å²) in [6.07, 6.45) is 2.74. The summed E-state index contributed by atoms with van der Waals surface area (Å²) in [7, 11) is -0.842. The first kappa shape index (κ1) is 9.83. The SMILES string of the molecule is C/C=C/B1OC(=O)CCCC(=O)O1. The van der Waals surface area contributed by atoms with Crippen LogP contribution in [0.15, 0.2) is 12.1 Å². The Morgan fingerprint density at radius 3 is 2.23 bits per heavy atom. The fourth-order valence-corrected chi connectivity index (χ4v) is 1.01. The summed E-state index contributed by atoms with van der Waals surface area (Å²) < 4.78 is 9.67. The maximum Gasteiger partial charge on any atom is 0.628 e. The first-order chi connectivity index (χ1) is 6.22. The Hall–Kier alpha value is -1.26. The van der Waals surface area contributed by atoms with Gasteiger partial charge in [-0.1, -0.05) is 6.08 Å². The van der Waals surface area contributed by atoms with Crippen molar-refractivity contribution < 1.29 is 18.9 Å². The zero-order valence-corrected chi connectivity index (χ0v) is 7.49. The van der Waals surface area contributed by atoms with Gasteiger partial charge in [0.1, 0.15) is 0 Å². The average Bonchev–Trinajstić information content (AvgIpc) is 2.01. The summed E-state index contributed by atoms with van der Waals surface area (Å²) in [5.41, 5.74) is 0. The topological polar surface area (TPSA) is 52.6 Å². The maximum absolute atomic E-state index is 11.0. The van der Waals surface area contributed by atoms with Gasteiger partial charge in [0.15, 0.2) is 0 Å². The van der Waals surface area contributed by atoms with E-state index in [-0.39, 0.29) is 24.8 Å². The molecule has 0 amide bonds. The van der Waals surface area contributed by atoms with E-state index in [9.17, 15) is 9.59 Å². The molecule has 1 aliphatic rings. The Morgan fingerprint density at radius 1 is 1.23 bits per heavy atom. The first-order valence-electron chi connectivity index (χ1n) is 4.24. The van der Waals surface area contributed by atoms with Crippen molar-refractivity contribution in [3.8, 4) is 0 Å². The van der Waals surface area contributed by atoms with Crippen LogP contribution >= 0.6 is 0 Å². The van der Waals surface area contributed by atoms with Crippen molar-refractivity contribution in [3.63, 3.8) is 0 Å². The molecule has 5 heteroatoms. The number of hydrogen-bond acceptors (Lipinski definition) is 4. The van der Waals surface area contributed by atoms with Gasteiger partial charge in [0.2, 0.25) is 0 Å². The lowest BCUT2D eigenvalue weighted by Gasteiger charge is -2.14. The summed E-state index contributed by atoms with van der Waals surface area (Å²) in [6.45, 7) is 1.76. The van der Waals surface area contributed by atoms with Gasteiger partial charge in [-0.3, -0.25) is 9.59 Å². The maximum atomic E-state index is 11.0. The molecule has 0 N–H and O–H groups in total. The molecule has 4 nitrogen and oxygen atoms in total. The Kier molecular flexibility index (Phi) is 3.55. The average molecular weight is 182 g/mol. The normalized spacial score (nSPS) is 19.3. The lowest BCUT2D eigenvalue weighted by atomic mass is 9.89. The molecule has 1 saturated heterocycles. The van der Waals surface area contributed by atoms with E-state index in [1.807, 2.05) is 0 Å². The third-order valence-corrected chi connectivity index (χ3v) is 1.61. The molecule has 0 spiro atoms. The van der Waals surface area contributed by atoms with Crippen LogP contribution in [0.2, 0.25) is 0 Å². The van der Waals surface area contributed by atoms with E-state index < -0.39 is 7.12 Å². The van der Waals surface area contributed by atoms with Crippen LogP contribution in [-0.2, 0) is 18.9 Å². The third kappa shape index (κ3) is 3.31. The predicted octanol–water partition coefficient (Wildman–Crippen LogP) is 0.860. The molecule has 70 valence electrons. The van der Waals surface area contributed by atoms with E-state index in [0.717, 1.165) is 0 Å². The van der Waals surface area contributed by atoms with E-state index in [1.54, 1.807) is 13.0 Å². The number of carbonyl (C=O) groups excluding carboxylic acids is 2. The van der Waals surface area contributed by atoms with E-state index in [1.165, 1.54) is 5.98 Å². The van der Waals surface area contributed by atoms with E-state index in [0.29, 0.717) is 6.42 Å². The second-order valence-corrected chi connectivity index (χ2v) is 2.73. The molecule has 0 atom stereocenters. The molecule has 0 saturated carbocycles. The zero-order chi connectivity index (χ0) is 9.68. The highest BCUT2D eigenvalue weighted by molar-refractivity contribution is 6.54. The number of hydrogen-bond donors (Lipinski definition) is 0. The van der Waals surface area contributed by atoms with Gasteiger partial charge in [0, 0.05) is 12.8 Å². The largest absolute Gasteiger partial charge is 0.628 e. The van der Waals surface area contributed by atoms with Gasteiger partial charge < -0.3 is 9.31 Å². The van der Waals surface area contributed by atoms with Crippen LogP contribution in [-0.4, -0.2) is 19.1 Å². The molecule has 1 aliphatic heterocycles. The van der Waals surface area contributed by atoms with Crippen LogP contribution in [0.3, 0.4) is 0 Å². The molecule has 0 aromatic carbocycles. The quantitative estimate of drug-likeness (QED) is 0.564. The van der Waals surface area contributed by atoms with Crippen molar-refractivity contribution in [2.45, 2.75) is 26.2 Å². The first-order valence-corrected chi connectivity index (χ1v) is 4.24. The van der Waals surface area contributed by atoms with Gasteiger partial charge in [0.05, 0.1) is 0 Å². The van der Waals surface area contributed by atoms with Gasteiger partial charge >= 0.3 is 7.12 Å². The summed E-state index contributed by atoms with van der Waals surface area (Å²) in [6, 6.07) is 0. The fourth-order valence-electron chi connectivity index (χ4n) is 1.01. The molecule has 0 unspecified atom stereocenters. The lowest BCUT2D eigenvalue weighted by Crippen LogP contribution is -2.29. The number of rotatable bonds is 1. The highest BCUT2D eigenvalue weighted by atomic mass is 16.6. The van der Waals surface area contributed by atoms with E-state index in [4.69, 9.17) is 9.31 Å². The van der Waals surface area contributed by atoms with Crippen LogP contribution in [0.1, 0.15) is 26.2 Å². The second kappa shape index (κ2) is 4.69. The van der Waals surface area contributed by atoms with Gasteiger partial charge in [0.25, 0.3) is 11.9 Å². The van der Waals surface area contributed by atoms with Gasteiger partial charge in [-0.25, -0.2) is 0 Å². The van der Waals surface area contributed by atoms with Crippen molar-refractivity contribution in [3.05, 3.63) is 12.1 Å².